The van der Waals surface area contributed by atoms with Crippen LogP contribution in [-0.2, 0) is 17.8 Å². The minimum absolute atomic E-state index is 0.501. The van der Waals surface area contributed by atoms with Gasteiger partial charge in [-0.1, -0.05) is 44.2 Å². The van der Waals surface area contributed by atoms with Gasteiger partial charge in [-0.3, -0.25) is 4.90 Å². The number of ether oxygens (including phenoxy) is 1. The molecule has 0 unspecified atom stereocenters. The highest BCUT2D eigenvalue weighted by molar-refractivity contribution is 5.27. The Morgan fingerprint density at radius 3 is 2.60 bits per heavy atom. The van der Waals surface area contributed by atoms with Gasteiger partial charge in [-0.2, -0.15) is 0 Å². The van der Waals surface area contributed by atoms with Gasteiger partial charge in [0.15, 0.2) is 0 Å². The summed E-state index contributed by atoms with van der Waals surface area (Å²) in [4.78, 5) is 2.35. The van der Waals surface area contributed by atoms with Crippen LogP contribution in [0.25, 0.3) is 0 Å². The van der Waals surface area contributed by atoms with Crippen LogP contribution in [0.4, 0.5) is 0 Å². The minimum Gasteiger partial charge on any atom is -0.383 e. The molecule has 0 amide bonds. The van der Waals surface area contributed by atoms with Crippen LogP contribution in [0, 0.1) is 0 Å². The average molecular weight is 276 g/mol. The fraction of sp³-hybridized carbons (Fsp3) is 0.529. The molecule has 1 aromatic rings. The highest BCUT2D eigenvalue weighted by atomic mass is 16.5. The zero-order chi connectivity index (χ0) is 14.8. The first-order chi connectivity index (χ1) is 9.67. The third kappa shape index (κ3) is 6.33. The molecule has 0 saturated heterocycles. The van der Waals surface area contributed by atoms with Crippen molar-refractivity contribution in [2.24, 2.45) is 0 Å². The number of benzene rings is 1. The molecule has 3 nitrogen and oxygen atoms in total. The van der Waals surface area contributed by atoms with Crippen LogP contribution in [0.1, 0.15) is 25.0 Å². The van der Waals surface area contributed by atoms with Crippen molar-refractivity contribution in [2.75, 3.05) is 26.8 Å². The zero-order valence-corrected chi connectivity index (χ0v) is 13.1. The highest BCUT2D eigenvalue weighted by Gasteiger charge is 2.08. The maximum absolute atomic E-state index is 5.18. The van der Waals surface area contributed by atoms with Gasteiger partial charge in [0.25, 0.3) is 0 Å². The SMILES string of the molecule is C=CCN(CCOC)Cc1ccccc1CNC(C)C. The molecule has 112 valence electrons. The molecule has 20 heavy (non-hydrogen) atoms. The molecule has 0 aliphatic heterocycles. The quantitative estimate of drug-likeness (QED) is 0.665. The van der Waals surface area contributed by atoms with Crippen molar-refractivity contribution in [2.45, 2.75) is 33.0 Å². The second-order valence-electron chi connectivity index (χ2n) is 5.32. The van der Waals surface area contributed by atoms with Crippen LogP contribution in [0.15, 0.2) is 36.9 Å². The summed E-state index contributed by atoms with van der Waals surface area (Å²) in [6.45, 7) is 12.6. The summed E-state index contributed by atoms with van der Waals surface area (Å²) in [7, 11) is 1.74. The van der Waals surface area contributed by atoms with Crippen molar-refractivity contribution in [3.8, 4) is 0 Å². The molecule has 1 N–H and O–H groups in total. The van der Waals surface area contributed by atoms with E-state index in [0.717, 1.165) is 32.8 Å². The van der Waals surface area contributed by atoms with Crippen molar-refractivity contribution in [3.63, 3.8) is 0 Å². The van der Waals surface area contributed by atoms with Crippen LogP contribution in [0.5, 0.6) is 0 Å². The van der Waals surface area contributed by atoms with E-state index in [-0.39, 0.29) is 0 Å². The molecule has 0 spiro atoms. The van der Waals surface area contributed by atoms with Gasteiger partial charge in [0, 0.05) is 39.3 Å². The van der Waals surface area contributed by atoms with Crippen molar-refractivity contribution >= 4 is 0 Å². The summed E-state index contributed by atoms with van der Waals surface area (Å²) in [6, 6.07) is 9.12. The highest BCUT2D eigenvalue weighted by Crippen LogP contribution is 2.12. The molecule has 3 heteroatoms. The van der Waals surface area contributed by atoms with E-state index in [1.807, 2.05) is 6.08 Å². The Labute approximate surface area is 123 Å². The summed E-state index contributed by atoms with van der Waals surface area (Å²) >= 11 is 0. The first kappa shape index (κ1) is 16.9. The van der Waals surface area contributed by atoms with Gasteiger partial charge in [-0.25, -0.2) is 0 Å². The summed E-state index contributed by atoms with van der Waals surface area (Å²) in [5.41, 5.74) is 2.74. The minimum atomic E-state index is 0.501. The van der Waals surface area contributed by atoms with Crippen LogP contribution >= 0.6 is 0 Å². The number of rotatable bonds is 10. The van der Waals surface area contributed by atoms with Crippen molar-refractivity contribution in [3.05, 3.63) is 48.0 Å². The maximum atomic E-state index is 5.18. The number of methoxy groups -OCH3 is 1. The smallest absolute Gasteiger partial charge is 0.0589 e. The molecule has 0 atom stereocenters. The Hall–Kier alpha value is -1.16. The molecule has 0 fully saturated rings. The van der Waals surface area contributed by atoms with Crippen molar-refractivity contribution in [1.29, 1.82) is 0 Å². The Morgan fingerprint density at radius 1 is 1.30 bits per heavy atom. The Bertz CT molecular complexity index is 390. The lowest BCUT2D eigenvalue weighted by atomic mass is 10.1. The summed E-state index contributed by atoms with van der Waals surface area (Å²) in [6.07, 6.45) is 1.95. The molecule has 0 aromatic heterocycles. The maximum Gasteiger partial charge on any atom is 0.0589 e. The zero-order valence-electron chi connectivity index (χ0n) is 13.1. The molecule has 0 radical (unpaired) electrons. The molecule has 0 aliphatic carbocycles. The van der Waals surface area contributed by atoms with E-state index in [0.29, 0.717) is 6.04 Å². The first-order valence-electron chi connectivity index (χ1n) is 7.29. The summed E-state index contributed by atoms with van der Waals surface area (Å²) in [5.74, 6) is 0. The lowest BCUT2D eigenvalue weighted by molar-refractivity contribution is 0.151. The fourth-order valence-corrected chi connectivity index (χ4v) is 2.08. The predicted molar refractivity (Wildman–Crippen MR) is 85.8 cm³/mol. The van der Waals surface area contributed by atoms with Crippen LogP contribution < -0.4 is 5.32 Å². The van der Waals surface area contributed by atoms with Gasteiger partial charge in [-0.05, 0) is 11.1 Å². The van der Waals surface area contributed by atoms with Gasteiger partial charge in [0.2, 0.25) is 0 Å². The molecular formula is C17H28N2O. The fourth-order valence-electron chi connectivity index (χ4n) is 2.08. The van der Waals surface area contributed by atoms with Gasteiger partial charge in [0.1, 0.15) is 0 Å². The number of nitrogens with zero attached hydrogens (tertiary/aromatic N) is 1. The number of nitrogens with one attached hydrogen (secondary N) is 1. The second-order valence-corrected chi connectivity index (χ2v) is 5.32. The molecular weight excluding hydrogens is 248 g/mol. The Morgan fingerprint density at radius 2 is 2.00 bits per heavy atom. The van der Waals surface area contributed by atoms with Gasteiger partial charge in [0.05, 0.1) is 6.61 Å². The summed E-state index contributed by atoms with van der Waals surface area (Å²) in [5, 5.41) is 3.49. The van der Waals surface area contributed by atoms with Crippen LogP contribution in [0.3, 0.4) is 0 Å². The third-order valence-corrected chi connectivity index (χ3v) is 3.21. The second kappa shape index (κ2) is 9.70. The number of hydrogen-bond donors (Lipinski definition) is 1. The van der Waals surface area contributed by atoms with Gasteiger partial charge < -0.3 is 10.1 Å². The van der Waals surface area contributed by atoms with Crippen LogP contribution in [0.2, 0.25) is 0 Å². The van der Waals surface area contributed by atoms with E-state index in [2.05, 4.69) is 54.9 Å². The molecule has 0 aliphatic rings. The predicted octanol–water partition coefficient (Wildman–Crippen LogP) is 2.82. The molecule has 1 aromatic carbocycles. The summed E-state index contributed by atoms with van der Waals surface area (Å²) < 4.78 is 5.18. The van der Waals surface area contributed by atoms with E-state index in [9.17, 15) is 0 Å². The number of hydrogen-bond acceptors (Lipinski definition) is 3. The molecule has 0 bridgehead atoms. The first-order valence-corrected chi connectivity index (χ1v) is 7.29. The topological polar surface area (TPSA) is 24.5 Å². The van der Waals surface area contributed by atoms with Gasteiger partial charge in [-0.15, -0.1) is 6.58 Å². The molecule has 0 saturated carbocycles. The Kier molecular flexibility index (Phi) is 8.19. The Balaban J connectivity index is 2.69. The lowest BCUT2D eigenvalue weighted by Crippen LogP contribution is -2.28. The van der Waals surface area contributed by atoms with E-state index in [1.165, 1.54) is 11.1 Å². The standard InChI is InChI=1S/C17H28N2O/c1-5-10-19(11-12-20-4)14-17-9-7-6-8-16(17)13-18-15(2)3/h5-9,15,18H,1,10-14H2,2-4H3. The largest absolute Gasteiger partial charge is 0.383 e. The van der Waals surface area contributed by atoms with E-state index < -0.39 is 0 Å². The third-order valence-electron chi connectivity index (χ3n) is 3.21. The van der Waals surface area contributed by atoms with E-state index in [4.69, 9.17) is 4.74 Å². The van der Waals surface area contributed by atoms with Crippen LogP contribution in [-0.4, -0.2) is 37.7 Å². The molecule has 1 rings (SSSR count). The normalized spacial score (nSPS) is 11.2. The monoisotopic (exact) mass is 276 g/mol. The van der Waals surface area contributed by atoms with Crippen molar-refractivity contribution < 1.29 is 4.74 Å². The molecule has 0 heterocycles. The van der Waals surface area contributed by atoms with E-state index in [1.54, 1.807) is 7.11 Å². The lowest BCUT2D eigenvalue weighted by Gasteiger charge is -2.22. The van der Waals surface area contributed by atoms with E-state index >= 15 is 0 Å². The van der Waals surface area contributed by atoms with Gasteiger partial charge >= 0.3 is 0 Å². The average Bonchev–Trinajstić information content (AvgIpc) is 2.44. The van der Waals surface area contributed by atoms with Crippen molar-refractivity contribution in [1.82, 2.24) is 10.2 Å².